The second-order valence-electron chi connectivity index (χ2n) is 6.27. The predicted molar refractivity (Wildman–Crippen MR) is 74.0 cm³/mol. The summed E-state index contributed by atoms with van der Waals surface area (Å²) in [5, 5.41) is 0. The first kappa shape index (κ1) is 13.4. The molecule has 0 N–H and O–H groups in total. The van der Waals surface area contributed by atoms with Crippen LogP contribution in [-0.4, -0.2) is 45.6 Å². The largest absolute Gasteiger partial charge is 0.336 e. The first-order valence-electron chi connectivity index (χ1n) is 6.25. The number of hydrogen-bond acceptors (Lipinski definition) is 2. The van der Waals surface area contributed by atoms with E-state index in [2.05, 4.69) is 48.6 Å². The lowest BCUT2D eigenvalue weighted by Gasteiger charge is -2.49. The summed E-state index contributed by atoms with van der Waals surface area (Å²) in [4.78, 5) is 0. The molecule has 1 heterocycles. The molecule has 1 rings (SSSR count). The highest BCUT2D eigenvalue weighted by atomic mass is 28.4. The van der Waals surface area contributed by atoms with Gasteiger partial charge in [0, 0.05) is 0 Å². The molecule has 2 nitrogen and oxygen atoms in total. The Hall–Kier alpha value is 0.354. The normalized spacial score (nSPS) is 21.0. The first-order chi connectivity index (χ1) is 6.76. The molecule has 0 aromatic rings. The van der Waals surface area contributed by atoms with Crippen LogP contribution in [0.15, 0.2) is 0 Å². The molecule has 4 heteroatoms. The Morgan fingerprint density at radius 2 is 1.33 bits per heavy atom. The van der Waals surface area contributed by atoms with Gasteiger partial charge in [0.15, 0.2) is 8.40 Å². The minimum atomic E-state index is -1.31. The average Bonchev–Trinajstić information content (AvgIpc) is 2.16. The van der Waals surface area contributed by atoms with Gasteiger partial charge < -0.3 is 8.80 Å². The van der Waals surface area contributed by atoms with E-state index in [0.717, 1.165) is 0 Å². The van der Waals surface area contributed by atoms with Crippen LogP contribution in [0.3, 0.4) is 0 Å². The van der Waals surface area contributed by atoms with E-state index in [-0.39, 0.29) is 0 Å². The molecule has 0 spiro atoms. The van der Waals surface area contributed by atoms with Crippen LogP contribution in [0.5, 0.6) is 0 Å². The highest BCUT2D eigenvalue weighted by molar-refractivity contribution is 6.88. The topological polar surface area (TPSA) is 6.48 Å². The summed E-state index contributed by atoms with van der Waals surface area (Å²) in [5.41, 5.74) is 0. The van der Waals surface area contributed by atoms with Crippen LogP contribution in [0, 0.1) is 0 Å². The van der Waals surface area contributed by atoms with Crippen molar-refractivity contribution < 1.29 is 0 Å². The summed E-state index contributed by atoms with van der Waals surface area (Å²) in [6.07, 6.45) is 4.27. The molecule has 0 saturated carbocycles. The number of nitrogens with zero attached hydrogens (tertiary/aromatic N) is 2. The molecule has 1 saturated heterocycles. The molecule has 1 aliphatic heterocycles. The van der Waals surface area contributed by atoms with Crippen molar-refractivity contribution >= 4 is 16.6 Å². The lowest BCUT2D eigenvalue weighted by Crippen LogP contribution is -2.67. The van der Waals surface area contributed by atoms with Crippen molar-refractivity contribution in [1.82, 2.24) is 8.80 Å². The van der Waals surface area contributed by atoms with Gasteiger partial charge in [0.25, 0.3) is 0 Å². The van der Waals surface area contributed by atoms with Crippen LogP contribution in [0.1, 0.15) is 19.3 Å². The molecule has 0 radical (unpaired) electrons. The van der Waals surface area contributed by atoms with Crippen molar-refractivity contribution in [3.05, 3.63) is 0 Å². The molecule has 0 bridgehead atoms. The van der Waals surface area contributed by atoms with Gasteiger partial charge in [-0.05, 0) is 46.1 Å². The summed E-state index contributed by atoms with van der Waals surface area (Å²) in [7, 11) is -0.0714. The summed E-state index contributed by atoms with van der Waals surface area (Å²) in [6.45, 7) is 15.1. The van der Waals surface area contributed by atoms with E-state index in [4.69, 9.17) is 0 Å². The molecule has 0 unspecified atom stereocenters. The van der Waals surface area contributed by atoms with Gasteiger partial charge in [-0.25, -0.2) is 0 Å². The van der Waals surface area contributed by atoms with Crippen molar-refractivity contribution in [2.75, 3.05) is 20.1 Å². The molecular formula is C11H28N2Si2. The number of hydrogen-bond donors (Lipinski definition) is 0. The monoisotopic (exact) mass is 244 g/mol. The van der Waals surface area contributed by atoms with Crippen LogP contribution in [0.2, 0.25) is 32.7 Å². The van der Waals surface area contributed by atoms with E-state index in [1.54, 1.807) is 0 Å². The van der Waals surface area contributed by atoms with E-state index in [1.807, 2.05) is 0 Å². The van der Waals surface area contributed by atoms with E-state index < -0.39 is 16.6 Å². The van der Waals surface area contributed by atoms with Gasteiger partial charge in [0.2, 0.25) is 0 Å². The van der Waals surface area contributed by atoms with Gasteiger partial charge in [-0.2, -0.15) is 0 Å². The third-order valence-corrected chi connectivity index (χ3v) is 13.3. The van der Waals surface area contributed by atoms with Gasteiger partial charge in [-0.1, -0.05) is 26.1 Å². The molecule has 15 heavy (non-hydrogen) atoms. The second-order valence-corrected chi connectivity index (χ2v) is 16.0. The van der Waals surface area contributed by atoms with Crippen molar-refractivity contribution in [1.29, 1.82) is 0 Å². The first-order valence-corrected chi connectivity index (χ1v) is 12.6. The van der Waals surface area contributed by atoms with E-state index in [9.17, 15) is 0 Å². The van der Waals surface area contributed by atoms with Crippen molar-refractivity contribution in [3.63, 3.8) is 0 Å². The Balaban J connectivity index is 2.71. The third-order valence-electron chi connectivity index (χ3n) is 3.96. The fourth-order valence-corrected chi connectivity index (χ4v) is 11.3. The zero-order valence-electron chi connectivity index (χ0n) is 11.4. The van der Waals surface area contributed by atoms with Crippen molar-refractivity contribution in [2.45, 2.75) is 52.0 Å². The maximum atomic E-state index is 2.80. The Kier molecular flexibility index (Phi) is 4.20. The fraction of sp³-hybridized carbons (Fsp3) is 1.00. The molecule has 0 aromatic heterocycles. The second kappa shape index (κ2) is 4.69. The maximum absolute atomic E-state index is 2.80. The van der Waals surface area contributed by atoms with Gasteiger partial charge in [-0.3, -0.25) is 0 Å². The van der Waals surface area contributed by atoms with Crippen LogP contribution < -0.4 is 0 Å². The SMILES string of the molecule is CN([Si](C)(C)C)[Si](C)(C)N1CCCCC1. The van der Waals surface area contributed by atoms with Gasteiger partial charge >= 0.3 is 0 Å². The van der Waals surface area contributed by atoms with E-state index >= 15 is 0 Å². The number of rotatable bonds is 3. The maximum Gasteiger partial charge on any atom is 0.193 e. The quantitative estimate of drug-likeness (QED) is 0.704. The smallest absolute Gasteiger partial charge is 0.193 e. The molecule has 0 aliphatic carbocycles. The molecule has 0 atom stereocenters. The van der Waals surface area contributed by atoms with E-state index in [1.165, 1.54) is 32.4 Å². The Labute approximate surface area is 97.9 Å². The molecular weight excluding hydrogens is 216 g/mol. The van der Waals surface area contributed by atoms with Gasteiger partial charge in [0.1, 0.15) is 8.24 Å². The van der Waals surface area contributed by atoms with Gasteiger partial charge in [0.05, 0.1) is 0 Å². The van der Waals surface area contributed by atoms with Crippen molar-refractivity contribution in [2.24, 2.45) is 0 Å². The summed E-state index contributed by atoms with van der Waals surface area (Å²) < 4.78 is 5.57. The molecule has 0 aromatic carbocycles. The zero-order valence-corrected chi connectivity index (χ0v) is 13.4. The molecule has 1 aliphatic rings. The summed E-state index contributed by atoms with van der Waals surface area (Å²) in [6, 6.07) is 0. The minimum Gasteiger partial charge on any atom is -0.336 e. The van der Waals surface area contributed by atoms with Crippen LogP contribution in [-0.2, 0) is 0 Å². The highest BCUT2D eigenvalue weighted by Gasteiger charge is 2.40. The fourth-order valence-electron chi connectivity index (χ4n) is 2.47. The molecule has 1 fully saturated rings. The molecule has 0 amide bonds. The Morgan fingerprint density at radius 1 is 0.867 bits per heavy atom. The average molecular weight is 245 g/mol. The zero-order chi connectivity index (χ0) is 11.7. The van der Waals surface area contributed by atoms with Gasteiger partial charge in [-0.15, -0.1) is 0 Å². The third kappa shape index (κ3) is 3.15. The summed E-state index contributed by atoms with van der Waals surface area (Å²) >= 11 is 0. The number of piperidine rings is 1. The lowest BCUT2D eigenvalue weighted by molar-refractivity contribution is 0.325. The predicted octanol–water partition coefficient (Wildman–Crippen LogP) is 2.94. The Morgan fingerprint density at radius 3 is 1.73 bits per heavy atom. The Bertz CT molecular complexity index is 205. The van der Waals surface area contributed by atoms with Crippen molar-refractivity contribution in [3.8, 4) is 0 Å². The molecule has 90 valence electrons. The van der Waals surface area contributed by atoms with Crippen LogP contribution >= 0.6 is 0 Å². The van der Waals surface area contributed by atoms with E-state index in [0.29, 0.717) is 0 Å². The van der Waals surface area contributed by atoms with Crippen LogP contribution in [0.4, 0.5) is 0 Å². The minimum absolute atomic E-state index is 1.13. The highest BCUT2D eigenvalue weighted by Crippen LogP contribution is 2.24. The lowest BCUT2D eigenvalue weighted by atomic mass is 10.2. The standard InChI is InChI=1S/C11H28N2Si2/c1-12(14(2,3)4)15(5,6)13-10-8-7-9-11-13/h7-11H2,1-6H3. The van der Waals surface area contributed by atoms with Crippen LogP contribution in [0.25, 0.3) is 0 Å². The summed E-state index contributed by atoms with van der Waals surface area (Å²) in [5.74, 6) is 0.